The smallest absolute Gasteiger partial charge is 0.310 e. The van der Waals surface area contributed by atoms with E-state index in [-0.39, 0.29) is 29.8 Å². The number of anilines is 1. The van der Waals surface area contributed by atoms with Gasteiger partial charge in [0.25, 0.3) is 5.91 Å². The molecule has 0 saturated heterocycles. The molecule has 0 fully saturated rings. The number of furan rings is 1. The quantitative estimate of drug-likeness (QED) is 0.185. The Morgan fingerprint density at radius 2 is 1.80 bits per heavy atom. The number of fused-ring (bicyclic) bond motifs is 1. The maximum atomic E-state index is 14.0. The van der Waals surface area contributed by atoms with Gasteiger partial charge in [0.05, 0.1) is 31.2 Å². The van der Waals surface area contributed by atoms with Gasteiger partial charge in [-0.05, 0) is 56.2 Å². The molecule has 0 aliphatic carbocycles. The molecule has 8 nitrogen and oxygen atoms in total. The molecule has 1 amide bonds. The van der Waals surface area contributed by atoms with Crippen molar-refractivity contribution in [2.45, 2.75) is 39.3 Å². The van der Waals surface area contributed by atoms with Gasteiger partial charge in [-0.1, -0.05) is 53.6 Å². The molecule has 0 spiro atoms. The van der Waals surface area contributed by atoms with Gasteiger partial charge >= 0.3 is 5.97 Å². The number of rotatable bonds is 8. The van der Waals surface area contributed by atoms with Crippen molar-refractivity contribution < 1.29 is 33.4 Å². The van der Waals surface area contributed by atoms with Crippen LogP contribution < -0.4 is 9.64 Å². The maximum absolute atomic E-state index is 14.0. The maximum Gasteiger partial charge on any atom is 0.310 e. The van der Waals surface area contributed by atoms with E-state index in [0.717, 1.165) is 5.56 Å². The van der Waals surface area contributed by atoms with Gasteiger partial charge in [0.2, 0.25) is 5.78 Å². The molecule has 210 valence electrons. The van der Waals surface area contributed by atoms with Crippen LogP contribution in [0.4, 0.5) is 5.69 Å². The van der Waals surface area contributed by atoms with Crippen LogP contribution >= 0.6 is 11.6 Å². The third kappa shape index (κ3) is 5.43. The van der Waals surface area contributed by atoms with Gasteiger partial charge in [0, 0.05) is 22.2 Å². The molecule has 2 heterocycles. The summed E-state index contributed by atoms with van der Waals surface area (Å²) in [4.78, 5) is 41.0. The van der Waals surface area contributed by atoms with Gasteiger partial charge in [0.1, 0.15) is 0 Å². The number of Topliss-reactive ketones (excluding diaryl/α,β-unsaturated/α-hetero) is 1. The summed E-state index contributed by atoms with van der Waals surface area (Å²) in [5, 5.41) is 12.1. The fraction of sp³-hybridized carbons (Fsp3) is 0.219. The first kappa shape index (κ1) is 28.0. The lowest BCUT2D eigenvalue weighted by Crippen LogP contribution is -2.31. The van der Waals surface area contributed by atoms with Gasteiger partial charge in [-0.15, -0.1) is 0 Å². The normalized spacial score (nSPS) is 15.2. The Morgan fingerprint density at radius 3 is 2.46 bits per heavy atom. The second kappa shape index (κ2) is 11.1. The van der Waals surface area contributed by atoms with Crippen LogP contribution in [-0.4, -0.2) is 36.0 Å². The van der Waals surface area contributed by atoms with Crippen molar-refractivity contribution in [2.24, 2.45) is 0 Å². The summed E-state index contributed by atoms with van der Waals surface area (Å²) in [6, 6.07) is 17.9. The van der Waals surface area contributed by atoms with Crippen molar-refractivity contribution in [3.63, 3.8) is 0 Å². The van der Waals surface area contributed by atoms with Crippen LogP contribution in [0, 0.1) is 6.92 Å². The fourth-order valence-corrected chi connectivity index (χ4v) is 5.20. The number of methoxy groups -OCH3 is 1. The average molecular weight is 574 g/mol. The fourth-order valence-electron chi connectivity index (χ4n) is 4.99. The molecule has 41 heavy (non-hydrogen) atoms. The third-order valence-electron chi connectivity index (χ3n) is 6.73. The van der Waals surface area contributed by atoms with Crippen LogP contribution in [0.3, 0.4) is 0 Å². The molecule has 1 aromatic heterocycles. The van der Waals surface area contributed by atoms with Crippen molar-refractivity contribution in [2.75, 3.05) is 12.0 Å². The van der Waals surface area contributed by atoms with E-state index in [1.54, 1.807) is 56.3 Å². The van der Waals surface area contributed by atoms with Crippen LogP contribution in [0.1, 0.15) is 47.1 Å². The van der Waals surface area contributed by atoms with E-state index in [9.17, 15) is 19.5 Å². The summed E-state index contributed by atoms with van der Waals surface area (Å²) >= 11 is 6.19. The van der Waals surface area contributed by atoms with E-state index in [1.165, 1.54) is 18.1 Å². The predicted octanol–water partition coefficient (Wildman–Crippen LogP) is 6.68. The Hall–Kier alpha value is -4.56. The highest BCUT2D eigenvalue weighted by molar-refractivity contribution is 6.31. The van der Waals surface area contributed by atoms with Crippen LogP contribution in [0.25, 0.3) is 11.0 Å². The van der Waals surface area contributed by atoms with E-state index in [4.69, 9.17) is 25.5 Å². The number of hydrogen-bond acceptors (Lipinski definition) is 7. The molecular weight excluding hydrogens is 546 g/mol. The number of esters is 1. The molecule has 1 aliphatic rings. The van der Waals surface area contributed by atoms with Gasteiger partial charge in [-0.25, -0.2) is 0 Å². The standard InChI is InChI=1S/C32H28ClNO7/c1-17(2)40-26(35)13-19-8-10-23(11-9-19)34-28(20-7-5-6-18(3)12-20)27(30(37)32(34)38)29(36)24-15-21-14-22(33)16-25(39-4)31(21)41-24/h5-12,14-17,28,37H,13H2,1-4H3. The number of aryl methyl sites for hydroxylation is 1. The summed E-state index contributed by atoms with van der Waals surface area (Å²) < 4.78 is 16.5. The van der Waals surface area contributed by atoms with Gasteiger partial charge < -0.3 is 19.0 Å². The summed E-state index contributed by atoms with van der Waals surface area (Å²) in [6.07, 6.45) is -0.158. The third-order valence-corrected chi connectivity index (χ3v) is 6.95. The molecule has 3 aromatic carbocycles. The number of nitrogens with zero attached hydrogens (tertiary/aromatic N) is 1. The van der Waals surface area contributed by atoms with Crippen molar-refractivity contribution in [1.29, 1.82) is 0 Å². The zero-order valence-electron chi connectivity index (χ0n) is 22.9. The van der Waals surface area contributed by atoms with Gasteiger partial charge in [0.15, 0.2) is 22.9 Å². The Bertz CT molecular complexity index is 1700. The molecule has 0 bridgehead atoms. The number of ether oxygens (including phenoxy) is 2. The molecule has 1 atom stereocenters. The molecule has 1 aliphatic heterocycles. The minimum Gasteiger partial charge on any atom is -0.503 e. The Morgan fingerprint density at radius 1 is 1.07 bits per heavy atom. The molecule has 5 rings (SSSR count). The lowest BCUT2D eigenvalue weighted by Gasteiger charge is -2.27. The SMILES string of the molecule is COc1cc(Cl)cc2cc(C(=O)C3=C(O)C(=O)N(c4ccc(CC(=O)OC(C)C)cc4)C3c3cccc(C)c3)oc12. The molecule has 0 radical (unpaired) electrons. The minimum atomic E-state index is -0.939. The molecular formula is C32H28ClNO7. The summed E-state index contributed by atoms with van der Waals surface area (Å²) in [6.45, 7) is 5.46. The van der Waals surface area contributed by atoms with Crippen molar-refractivity contribution >= 4 is 45.9 Å². The number of amides is 1. The number of carbonyl (C=O) groups excluding carboxylic acids is 3. The van der Waals surface area contributed by atoms with Gasteiger partial charge in [-0.2, -0.15) is 0 Å². The zero-order valence-corrected chi connectivity index (χ0v) is 23.7. The van der Waals surface area contributed by atoms with E-state index in [1.807, 2.05) is 25.1 Å². The molecule has 0 saturated carbocycles. The van der Waals surface area contributed by atoms with Crippen LogP contribution in [-0.2, 0) is 20.7 Å². The number of hydrogen-bond donors (Lipinski definition) is 1. The lowest BCUT2D eigenvalue weighted by atomic mass is 9.93. The van der Waals surface area contributed by atoms with Gasteiger partial charge in [-0.3, -0.25) is 19.3 Å². The molecule has 4 aromatic rings. The van der Waals surface area contributed by atoms with Crippen molar-refractivity contribution in [1.82, 2.24) is 0 Å². The van der Waals surface area contributed by atoms with Crippen LogP contribution in [0.2, 0.25) is 5.02 Å². The van der Waals surface area contributed by atoms with E-state index < -0.39 is 23.5 Å². The lowest BCUT2D eigenvalue weighted by molar-refractivity contribution is -0.146. The first-order valence-electron chi connectivity index (χ1n) is 13.0. The number of ketones is 1. The van der Waals surface area contributed by atoms with Crippen LogP contribution in [0.15, 0.2) is 82.5 Å². The number of benzene rings is 3. The molecule has 1 N–H and O–H groups in total. The summed E-state index contributed by atoms with van der Waals surface area (Å²) in [7, 11) is 1.46. The molecule has 1 unspecified atom stereocenters. The highest BCUT2D eigenvalue weighted by Crippen LogP contribution is 2.43. The average Bonchev–Trinajstić information content (AvgIpc) is 3.46. The van der Waals surface area contributed by atoms with E-state index in [2.05, 4.69) is 0 Å². The Balaban J connectivity index is 1.56. The summed E-state index contributed by atoms with van der Waals surface area (Å²) in [5.41, 5.74) is 2.88. The first-order chi connectivity index (χ1) is 19.6. The van der Waals surface area contributed by atoms with Crippen molar-refractivity contribution in [3.8, 4) is 5.75 Å². The molecule has 9 heteroatoms. The number of aliphatic hydroxyl groups is 1. The van der Waals surface area contributed by atoms with Crippen molar-refractivity contribution in [3.05, 3.63) is 106 Å². The Kier molecular flexibility index (Phi) is 7.60. The van der Waals surface area contributed by atoms with E-state index in [0.29, 0.717) is 38.6 Å². The number of aliphatic hydroxyl groups excluding tert-OH is 1. The topological polar surface area (TPSA) is 106 Å². The predicted molar refractivity (Wildman–Crippen MR) is 155 cm³/mol. The zero-order chi connectivity index (χ0) is 29.4. The van der Waals surface area contributed by atoms with Crippen LogP contribution in [0.5, 0.6) is 5.75 Å². The highest BCUT2D eigenvalue weighted by atomic mass is 35.5. The number of halogens is 1. The van der Waals surface area contributed by atoms with E-state index >= 15 is 0 Å². The monoisotopic (exact) mass is 573 g/mol. The highest BCUT2D eigenvalue weighted by Gasteiger charge is 2.45. The second-order valence-electron chi connectivity index (χ2n) is 10.1. The number of carbonyl (C=O) groups is 3. The second-order valence-corrected chi connectivity index (χ2v) is 10.5. The minimum absolute atomic E-state index is 0.0699. The Labute approximate surface area is 241 Å². The first-order valence-corrected chi connectivity index (χ1v) is 13.4. The largest absolute Gasteiger partial charge is 0.503 e. The summed E-state index contributed by atoms with van der Waals surface area (Å²) in [5.74, 6) is -2.14.